The highest BCUT2D eigenvalue weighted by molar-refractivity contribution is 7.46. The quantitative estimate of drug-likeness (QED) is 0.0209. The standard InChI is InChI=1S/C41H75O9P/c1-4-5-25-31-38(42)32-27-22-18-14-12-16-20-24-29-34-41(44)50-39(36-49-51(45,46)47)35-48-40(43)33-28-23-19-15-11-9-7-6-8-10-13-17-21-26-30-37(2)3/h18,22,27,32,37,39H,4-17,19-21,23-26,28-31,33-36H2,1-3H3,(H2,45,46,47)/b22-18-,32-27+/t39-/m1/s1. The Morgan fingerprint density at radius 1 is 0.608 bits per heavy atom. The average molecular weight is 743 g/mol. The fraction of sp³-hybridized carbons (Fsp3) is 0.829. The van der Waals surface area contributed by atoms with E-state index in [1.807, 2.05) is 6.08 Å². The van der Waals surface area contributed by atoms with E-state index in [9.17, 15) is 18.9 Å². The van der Waals surface area contributed by atoms with Crippen LogP contribution in [0, 0.1) is 5.92 Å². The van der Waals surface area contributed by atoms with Crippen molar-refractivity contribution in [3.63, 3.8) is 0 Å². The van der Waals surface area contributed by atoms with E-state index in [1.54, 1.807) is 12.2 Å². The molecule has 2 N–H and O–H groups in total. The molecule has 0 bridgehead atoms. The van der Waals surface area contributed by atoms with E-state index in [2.05, 4.69) is 31.4 Å². The van der Waals surface area contributed by atoms with Crippen LogP contribution in [-0.2, 0) is 32.9 Å². The second-order valence-electron chi connectivity index (χ2n) is 14.5. The molecular weight excluding hydrogens is 667 g/mol. The Morgan fingerprint density at radius 2 is 1.10 bits per heavy atom. The molecule has 0 unspecified atom stereocenters. The van der Waals surface area contributed by atoms with Crippen LogP contribution in [0.15, 0.2) is 24.3 Å². The number of ether oxygens (including phenoxy) is 2. The number of phosphoric ester groups is 1. The van der Waals surface area contributed by atoms with Crippen LogP contribution in [0.2, 0.25) is 0 Å². The summed E-state index contributed by atoms with van der Waals surface area (Å²) in [5.74, 6) is 0.0579. The zero-order valence-corrected chi connectivity index (χ0v) is 33.6. The summed E-state index contributed by atoms with van der Waals surface area (Å²) in [6.07, 6.45) is 34.5. The highest BCUT2D eigenvalue weighted by Crippen LogP contribution is 2.36. The topological polar surface area (TPSA) is 136 Å². The first-order chi connectivity index (χ1) is 24.5. The normalized spacial score (nSPS) is 12.7. The number of esters is 2. The van der Waals surface area contributed by atoms with Gasteiger partial charge in [-0.15, -0.1) is 0 Å². The van der Waals surface area contributed by atoms with Crippen molar-refractivity contribution < 1.29 is 42.7 Å². The van der Waals surface area contributed by atoms with E-state index in [4.69, 9.17) is 19.3 Å². The maximum Gasteiger partial charge on any atom is 0.469 e. The van der Waals surface area contributed by atoms with E-state index in [1.165, 1.54) is 77.0 Å². The minimum atomic E-state index is -4.77. The van der Waals surface area contributed by atoms with Crippen LogP contribution in [0.3, 0.4) is 0 Å². The summed E-state index contributed by atoms with van der Waals surface area (Å²) in [4.78, 5) is 54.5. The van der Waals surface area contributed by atoms with Crippen LogP contribution >= 0.6 is 7.82 Å². The van der Waals surface area contributed by atoms with Crippen molar-refractivity contribution in [2.75, 3.05) is 13.2 Å². The fourth-order valence-electron chi connectivity index (χ4n) is 5.77. The van der Waals surface area contributed by atoms with Crippen LogP contribution in [0.25, 0.3) is 0 Å². The van der Waals surface area contributed by atoms with Crippen molar-refractivity contribution >= 4 is 25.5 Å². The Hall–Kier alpha value is -1.80. The first-order valence-corrected chi connectivity index (χ1v) is 22.0. The molecule has 0 aromatic carbocycles. The lowest BCUT2D eigenvalue weighted by atomic mass is 10.0. The van der Waals surface area contributed by atoms with Gasteiger partial charge in [0, 0.05) is 19.3 Å². The predicted molar refractivity (Wildman–Crippen MR) is 207 cm³/mol. The SMILES string of the molecule is CCCCCC(=O)/C=C/C=C\CCCCCCCC(=O)O[C@H](COC(=O)CCCCCCCCCCCCCCCCC(C)C)COP(=O)(O)O. The molecule has 0 aliphatic rings. The van der Waals surface area contributed by atoms with Gasteiger partial charge in [0.05, 0.1) is 6.61 Å². The van der Waals surface area contributed by atoms with Gasteiger partial charge in [0.1, 0.15) is 6.61 Å². The largest absolute Gasteiger partial charge is 0.469 e. The molecule has 0 aromatic heterocycles. The molecule has 1 atom stereocenters. The minimum absolute atomic E-state index is 0.163. The summed E-state index contributed by atoms with van der Waals surface area (Å²) in [6.45, 7) is 5.85. The van der Waals surface area contributed by atoms with Crippen LogP contribution in [0.5, 0.6) is 0 Å². The monoisotopic (exact) mass is 743 g/mol. The number of rotatable bonds is 37. The smallest absolute Gasteiger partial charge is 0.462 e. The Kier molecular flexibility index (Phi) is 34.0. The van der Waals surface area contributed by atoms with E-state index < -0.39 is 32.5 Å². The van der Waals surface area contributed by atoms with E-state index in [-0.39, 0.29) is 25.2 Å². The lowest BCUT2D eigenvalue weighted by Gasteiger charge is -2.18. The van der Waals surface area contributed by atoms with E-state index in [0.717, 1.165) is 70.1 Å². The third-order valence-corrected chi connectivity index (χ3v) is 9.36. The van der Waals surface area contributed by atoms with Crippen LogP contribution < -0.4 is 0 Å². The number of unbranched alkanes of at least 4 members (excludes halogenated alkanes) is 20. The van der Waals surface area contributed by atoms with Crippen LogP contribution in [-0.4, -0.2) is 46.8 Å². The molecule has 0 saturated heterocycles. The zero-order chi connectivity index (χ0) is 37.8. The van der Waals surface area contributed by atoms with Crippen molar-refractivity contribution in [1.82, 2.24) is 0 Å². The van der Waals surface area contributed by atoms with Crippen molar-refractivity contribution in [1.29, 1.82) is 0 Å². The first kappa shape index (κ1) is 49.2. The van der Waals surface area contributed by atoms with Gasteiger partial charge in [-0.1, -0.05) is 161 Å². The van der Waals surface area contributed by atoms with Crippen LogP contribution in [0.4, 0.5) is 0 Å². The van der Waals surface area contributed by atoms with Crippen molar-refractivity contribution in [3.8, 4) is 0 Å². The van der Waals surface area contributed by atoms with Gasteiger partial charge >= 0.3 is 19.8 Å². The predicted octanol–water partition coefficient (Wildman–Crippen LogP) is 11.4. The zero-order valence-electron chi connectivity index (χ0n) is 32.7. The highest BCUT2D eigenvalue weighted by atomic mass is 31.2. The van der Waals surface area contributed by atoms with Gasteiger partial charge in [-0.3, -0.25) is 18.9 Å². The highest BCUT2D eigenvalue weighted by Gasteiger charge is 2.22. The molecule has 0 spiro atoms. The number of ketones is 1. The Balaban J connectivity index is 3.97. The molecule has 10 heteroatoms. The second kappa shape index (κ2) is 35.2. The van der Waals surface area contributed by atoms with Gasteiger partial charge < -0.3 is 19.3 Å². The molecule has 0 aliphatic heterocycles. The van der Waals surface area contributed by atoms with Gasteiger partial charge in [-0.25, -0.2) is 4.57 Å². The number of hydrogen-bond acceptors (Lipinski definition) is 7. The molecule has 0 aromatic rings. The summed E-state index contributed by atoms with van der Waals surface area (Å²) >= 11 is 0. The van der Waals surface area contributed by atoms with Gasteiger partial charge in [-0.2, -0.15) is 0 Å². The Bertz CT molecular complexity index is 957. The minimum Gasteiger partial charge on any atom is -0.462 e. The van der Waals surface area contributed by atoms with Gasteiger partial charge in [0.15, 0.2) is 11.9 Å². The lowest BCUT2D eigenvalue weighted by Crippen LogP contribution is -2.29. The van der Waals surface area contributed by atoms with Crippen molar-refractivity contribution in [2.24, 2.45) is 5.92 Å². The maximum absolute atomic E-state index is 12.4. The molecule has 51 heavy (non-hydrogen) atoms. The van der Waals surface area contributed by atoms with Crippen molar-refractivity contribution in [3.05, 3.63) is 24.3 Å². The molecule has 0 fully saturated rings. The number of allylic oxidation sites excluding steroid dienone is 4. The Morgan fingerprint density at radius 3 is 1.63 bits per heavy atom. The van der Waals surface area contributed by atoms with E-state index >= 15 is 0 Å². The van der Waals surface area contributed by atoms with Crippen molar-refractivity contribution in [2.45, 2.75) is 200 Å². The number of carbonyl (C=O) groups excluding carboxylic acids is 3. The maximum atomic E-state index is 12.4. The molecule has 0 amide bonds. The van der Waals surface area contributed by atoms with E-state index in [0.29, 0.717) is 19.3 Å². The average Bonchev–Trinajstić information content (AvgIpc) is 3.07. The molecule has 0 aliphatic carbocycles. The van der Waals surface area contributed by atoms with Crippen LogP contribution in [0.1, 0.15) is 194 Å². The first-order valence-electron chi connectivity index (χ1n) is 20.4. The molecule has 0 radical (unpaired) electrons. The molecule has 0 saturated carbocycles. The third kappa shape index (κ3) is 39.2. The van der Waals surface area contributed by atoms with Gasteiger partial charge in [0.2, 0.25) is 0 Å². The third-order valence-electron chi connectivity index (χ3n) is 8.88. The Labute approximate surface area is 311 Å². The molecule has 9 nitrogen and oxygen atoms in total. The number of hydrogen-bond donors (Lipinski definition) is 2. The summed E-state index contributed by atoms with van der Waals surface area (Å²) in [5, 5.41) is 0. The summed E-state index contributed by atoms with van der Waals surface area (Å²) in [7, 11) is -4.77. The fourth-order valence-corrected chi connectivity index (χ4v) is 6.14. The lowest BCUT2D eigenvalue weighted by molar-refractivity contribution is -0.161. The number of phosphoric acid groups is 1. The number of carbonyl (C=O) groups is 3. The molecule has 298 valence electrons. The summed E-state index contributed by atoms with van der Waals surface area (Å²) < 4.78 is 26.3. The van der Waals surface area contributed by atoms with Gasteiger partial charge in [-0.05, 0) is 44.1 Å². The van der Waals surface area contributed by atoms with Gasteiger partial charge in [0.25, 0.3) is 0 Å². The summed E-state index contributed by atoms with van der Waals surface area (Å²) in [6, 6.07) is 0. The molecular formula is C41H75O9P. The molecule has 0 rings (SSSR count). The summed E-state index contributed by atoms with van der Waals surface area (Å²) in [5.41, 5.74) is 0. The second-order valence-corrected chi connectivity index (χ2v) is 15.7. The molecule has 0 heterocycles.